The fourth-order valence-corrected chi connectivity index (χ4v) is 3.15. The Hall–Kier alpha value is -1.46. The maximum absolute atomic E-state index is 5.87. The Morgan fingerprint density at radius 3 is 2.95 bits per heavy atom. The number of nitrogens with one attached hydrogen (secondary N) is 1. The lowest BCUT2D eigenvalue weighted by Gasteiger charge is -2.15. The lowest BCUT2D eigenvalue weighted by molar-refractivity contribution is 0.900. The lowest BCUT2D eigenvalue weighted by atomic mass is 10.1. The summed E-state index contributed by atoms with van der Waals surface area (Å²) in [4.78, 5) is 5.13. The second-order valence-corrected chi connectivity index (χ2v) is 6.54. The quantitative estimate of drug-likeness (QED) is 0.810. The van der Waals surface area contributed by atoms with Crippen LogP contribution in [0.1, 0.15) is 28.8 Å². The minimum absolute atomic E-state index is 0.382. The summed E-state index contributed by atoms with van der Waals surface area (Å²) in [5.41, 5.74) is 11.3. The van der Waals surface area contributed by atoms with Crippen LogP contribution in [0.15, 0.2) is 28.7 Å². The van der Waals surface area contributed by atoms with Crippen LogP contribution in [0.5, 0.6) is 0 Å². The van der Waals surface area contributed by atoms with Crippen LogP contribution in [0.25, 0.3) is 0 Å². The van der Waals surface area contributed by atoms with Crippen molar-refractivity contribution in [3.05, 3.63) is 51.1 Å². The summed E-state index contributed by atoms with van der Waals surface area (Å²) in [5.74, 6) is 0.754. The molecule has 3 N–H and O–H groups in total. The molecule has 1 aliphatic carbocycles. The number of rotatable bonds is 3. The van der Waals surface area contributed by atoms with E-state index >= 15 is 0 Å². The largest absolute Gasteiger partial charge is 0.389 e. The van der Waals surface area contributed by atoms with E-state index in [0.717, 1.165) is 52.1 Å². The van der Waals surface area contributed by atoms with Crippen LogP contribution < -0.4 is 11.1 Å². The van der Waals surface area contributed by atoms with Crippen LogP contribution in [-0.4, -0.2) is 9.97 Å². The van der Waals surface area contributed by atoms with Crippen molar-refractivity contribution in [2.75, 3.05) is 5.32 Å². The monoisotopic (exact) mass is 361 g/mol. The van der Waals surface area contributed by atoms with Crippen LogP contribution in [0.4, 0.5) is 11.5 Å². The molecule has 0 amide bonds. The summed E-state index contributed by atoms with van der Waals surface area (Å²) in [6.45, 7) is 2.06. The summed E-state index contributed by atoms with van der Waals surface area (Å²) in [6.07, 6.45) is 3.24. The number of halogens is 1. The second kappa shape index (κ2) is 5.73. The lowest BCUT2D eigenvalue weighted by Crippen LogP contribution is -2.14. The molecule has 0 fully saturated rings. The summed E-state index contributed by atoms with van der Waals surface area (Å²) < 4.78 is 1.06. The Labute approximate surface area is 138 Å². The predicted molar refractivity (Wildman–Crippen MR) is 94.3 cm³/mol. The molecule has 0 unspecified atom stereocenters. The molecule has 0 spiro atoms. The van der Waals surface area contributed by atoms with Gasteiger partial charge in [0.25, 0.3) is 0 Å². The van der Waals surface area contributed by atoms with Gasteiger partial charge in [-0.2, -0.15) is 0 Å². The number of anilines is 2. The molecule has 0 bridgehead atoms. The van der Waals surface area contributed by atoms with Crippen molar-refractivity contribution < 1.29 is 0 Å². The maximum atomic E-state index is 5.87. The van der Waals surface area contributed by atoms with E-state index in [1.165, 1.54) is 5.56 Å². The Bertz CT molecular complexity index is 728. The zero-order valence-electron chi connectivity index (χ0n) is 11.7. The highest BCUT2D eigenvalue weighted by molar-refractivity contribution is 9.10. The van der Waals surface area contributed by atoms with Crippen molar-refractivity contribution in [3.8, 4) is 0 Å². The van der Waals surface area contributed by atoms with Crippen LogP contribution in [-0.2, 0) is 12.8 Å². The Kier molecular flexibility index (Phi) is 3.95. The van der Waals surface area contributed by atoms with Gasteiger partial charge in [0, 0.05) is 15.9 Å². The summed E-state index contributed by atoms with van der Waals surface area (Å²) >= 11 is 8.73. The summed E-state index contributed by atoms with van der Waals surface area (Å²) in [5, 5.41) is 3.38. The Balaban J connectivity index is 2.05. The first-order valence-electron chi connectivity index (χ1n) is 6.91. The summed E-state index contributed by atoms with van der Waals surface area (Å²) in [6, 6.07) is 8.13. The van der Waals surface area contributed by atoms with Gasteiger partial charge in [0.15, 0.2) is 0 Å². The number of benzene rings is 1. The van der Waals surface area contributed by atoms with Gasteiger partial charge in [0.2, 0.25) is 0 Å². The number of nitrogens with zero attached hydrogens (tertiary/aromatic N) is 1. The van der Waals surface area contributed by atoms with Gasteiger partial charge in [0.1, 0.15) is 10.8 Å². The Morgan fingerprint density at radius 2 is 2.19 bits per heavy atom. The molecule has 0 radical (unpaired) electrons. The number of thiocarbonyl (C=S) groups is 1. The van der Waals surface area contributed by atoms with Crippen molar-refractivity contribution in [1.82, 2.24) is 4.98 Å². The van der Waals surface area contributed by atoms with Crippen LogP contribution in [0.3, 0.4) is 0 Å². The molecule has 1 heterocycles. The SMILES string of the molecule is Cc1c(Br)cccc1Nc1nc2c(cc1C(N)=S)CCC2. The van der Waals surface area contributed by atoms with Crippen LogP contribution >= 0.6 is 28.1 Å². The molecule has 21 heavy (non-hydrogen) atoms. The average molecular weight is 362 g/mol. The minimum atomic E-state index is 0.382. The minimum Gasteiger partial charge on any atom is -0.389 e. The third-order valence-electron chi connectivity index (χ3n) is 3.84. The molecule has 3 rings (SSSR count). The average Bonchev–Trinajstić information content (AvgIpc) is 2.90. The van der Waals surface area contributed by atoms with Crippen LogP contribution in [0.2, 0.25) is 0 Å². The number of hydrogen-bond donors (Lipinski definition) is 2. The second-order valence-electron chi connectivity index (χ2n) is 5.25. The first-order chi connectivity index (χ1) is 10.1. The molecule has 1 aromatic carbocycles. The van der Waals surface area contributed by atoms with E-state index in [2.05, 4.69) is 34.2 Å². The zero-order chi connectivity index (χ0) is 15.0. The van der Waals surface area contributed by atoms with Crippen molar-refractivity contribution in [2.45, 2.75) is 26.2 Å². The normalized spacial score (nSPS) is 13.0. The molecule has 0 aliphatic heterocycles. The molecular formula is C16H16BrN3S. The van der Waals surface area contributed by atoms with E-state index in [1.54, 1.807) is 0 Å². The first kappa shape index (κ1) is 14.5. The van der Waals surface area contributed by atoms with Gasteiger partial charge in [-0.25, -0.2) is 4.98 Å². The molecule has 0 saturated carbocycles. The van der Waals surface area contributed by atoms with E-state index in [-0.39, 0.29) is 0 Å². The molecule has 1 aromatic heterocycles. The number of hydrogen-bond acceptors (Lipinski definition) is 3. The zero-order valence-corrected chi connectivity index (χ0v) is 14.1. The number of aromatic nitrogens is 1. The van der Waals surface area contributed by atoms with E-state index in [0.29, 0.717) is 4.99 Å². The van der Waals surface area contributed by atoms with E-state index in [4.69, 9.17) is 22.9 Å². The number of fused-ring (bicyclic) bond motifs is 1. The summed E-state index contributed by atoms with van der Waals surface area (Å²) in [7, 11) is 0. The van der Waals surface area contributed by atoms with Gasteiger partial charge in [-0.15, -0.1) is 0 Å². The van der Waals surface area contributed by atoms with E-state index in [9.17, 15) is 0 Å². The molecular weight excluding hydrogens is 346 g/mol. The highest BCUT2D eigenvalue weighted by Crippen LogP contribution is 2.30. The predicted octanol–water partition coefficient (Wildman–Crippen LogP) is 4.02. The highest BCUT2D eigenvalue weighted by atomic mass is 79.9. The van der Waals surface area contributed by atoms with Gasteiger partial charge < -0.3 is 11.1 Å². The smallest absolute Gasteiger partial charge is 0.140 e. The van der Waals surface area contributed by atoms with E-state index in [1.807, 2.05) is 18.2 Å². The molecule has 3 nitrogen and oxygen atoms in total. The number of nitrogens with two attached hydrogens (primary N) is 1. The van der Waals surface area contributed by atoms with Crippen molar-refractivity contribution in [2.24, 2.45) is 5.73 Å². The van der Waals surface area contributed by atoms with Gasteiger partial charge >= 0.3 is 0 Å². The molecule has 0 atom stereocenters. The fraction of sp³-hybridized carbons (Fsp3) is 0.250. The molecule has 2 aromatic rings. The van der Waals surface area contributed by atoms with Crippen LogP contribution in [0, 0.1) is 6.92 Å². The molecule has 5 heteroatoms. The van der Waals surface area contributed by atoms with Gasteiger partial charge in [-0.05, 0) is 55.5 Å². The van der Waals surface area contributed by atoms with Crippen molar-refractivity contribution in [1.29, 1.82) is 0 Å². The number of aryl methyl sites for hydroxylation is 2. The Morgan fingerprint density at radius 1 is 1.38 bits per heavy atom. The van der Waals surface area contributed by atoms with Gasteiger partial charge in [0.05, 0.1) is 5.56 Å². The highest BCUT2D eigenvalue weighted by Gasteiger charge is 2.18. The topological polar surface area (TPSA) is 50.9 Å². The third-order valence-corrected chi connectivity index (χ3v) is 4.92. The molecule has 1 aliphatic rings. The molecule has 108 valence electrons. The first-order valence-corrected chi connectivity index (χ1v) is 8.11. The standard InChI is InChI=1S/C16H16BrN3S/c1-9-12(17)5-3-6-13(9)19-16-11(15(18)21)8-10-4-2-7-14(10)20-16/h3,5-6,8H,2,4,7H2,1H3,(H2,18,21)(H,19,20). The third kappa shape index (κ3) is 2.80. The maximum Gasteiger partial charge on any atom is 0.140 e. The molecule has 0 saturated heterocycles. The van der Waals surface area contributed by atoms with Crippen molar-refractivity contribution in [3.63, 3.8) is 0 Å². The van der Waals surface area contributed by atoms with Gasteiger partial charge in [-0.3, -0.25) is 0 Å². The number of pyridine rings is 1. The fourth-order valence-electron chi connectivity index (χ4n) is 2.63. The van der Waals surface area contributed by atoms with E-state index < -0.39 is 0 Å². The van der Waals surface area contributed by atoms with Gasteiger partial charge in [-0.1, -0.05) is 34.2 Å². The van der Waals surface area contributed by atoms with Crippen molar-refractivity contribution >= 4 is 44.6 Å².